The first-order chi connectivity index (χ1) is 9.08. The van der Waals surface area contributed by atoms with Crippen molar-refractivity contribution in [2.75, 3.05) is 25.1 Å². The first-order valence-electron chi connectivity index (χ1n) is 6.21. The fraction of sp³-hybridized carbons (Fsp3) is 0.429. The molecule has 2 N–H and O–H groups in total. The Morgan fingerprint density at radius 2 is 2.16 bits per heavy atom. The molecular formula is C14H17N3O2. The number of carbonyl (C=O) groups excluding carboxylic acids is 1. The summed E-state index contributed by atoms with van der Waals surface area (Å²) in [7, 11) is 1.36. The third-order valence-corrected chi connectivity index (χ3v) is 3.40. The van der Waals surface area contributed by atoms with Crippen LogP contribution in [0.4, 0.5) is 5.69 Å². The number of benzene rings is 1. The number of piperidine rings is 1. The maximum atomic E-state index is 11.4. The number of rotatable bonds is 2. The van der Waals surface area contributed by atoms with Crippen molar-refractivity contribution in [3.8, 4) is 6.07 Å². The van der Waals surface area contributed by atoms with Gasteiger partial charge in [0.05, 0.1) is 18.7 Å². The first-order valence-corrected chi connectivity index (χ1v) is 6.21. The van der Waals surface area contributed by atoms with Crippen LogP contribution in [0.25, 0.3) is 0 Å². The molecule has 0 spiro atoms. The lowest BCUT2D eigenvalue weighted by molar-refractivity contribution is 0.0601. The molecule has 19 heavy (non-hydrogen) atoms. The Hall–Kier alpha value is -2.06. The quantitative estimate of drug-likeness (QED) is 0.810. The summed E-state index contributed by atoms with van der Waals surface area (Å²) >= 11 is 0. The van der Waals surface area contributed by atoms with Crippen molar-refractivity contribution in [3.63, 3.8) is 0 Å². The lowest BCUT2D eigenvalue weighted by Crippen LogP contribution is -2.53. The van der Waals surface area contributed by atoms with Crippen LogP contribution in [0.3, 0.4) is 0 Å². The summed E-state index contributed by atoms with van der Waals surface area (Å²) in [6.45, 7) is 1.39. The van der Waals surface area contributed by atoms with Crippen LogP contribution < -0.4 is 10.6 Å². The molecule has 1 heterocycles. The number of nitriles is 1. The minimum Gasteiger partial charge on any atom is -0.465 e. The molecule has 0 aromatic heterocycles. The van der Waals surface area contributed by atoms with Gasteiger partial charge in [-0.2, -0.15) is 5.26 Å². The molecule has 1 fully saturated rings. The molecule has 0 saturated carbocycles. The van der Waals surface area contributed by atoms with Gasteiger partial charge >= 0.3 is 5.97 Å². The third-order valence-electron chi connectivity index (χ3n) is 3.40. The maximum Gasteiger partial charge on any atom is 0.337 e. The number of hydrogen-bond donors (Lipinski definition) is 1. The number of carbonyl (C=O) groups is 1. The summed E-state index contributed by atoms with van der Waals surface area (Å²) in [6, 6.07) is 9.34. The van der Waals surface area contributed by atoms with Gasteiger partial charge in [-0.1, -0.05) is 0 Å². The van der Waals surface area contributed by atoms with Crippen molar-refractivity contribution in [1.29, 1.82) is 5.26 Å². The van der Waals surface area contributed by atoms with E-state index in [1.807, 2.05) is 12.1 Å². The highest BCUT2D eigenvalue weighted by Gasteiger charge is 2.31. The highest BCUT2D eigenvalue weighted by atomic mass is 16.5. The smallest absolute Gasteiger partial charge is 0.337 e. The number of anilines is 1. The molecule has 5 heteroatoms. The van der Waals surface area contributed by atoms with E-state index >= 15 is 0 Å². The monoisotopic (exact) mass is 259 g/mol. The molecule has 1 atom stereocenters. The van der Waals surface area contributed by atoms with Gasteiger partial charge in [-0.05, 0) is 37.1 Å². The number of esters is 1. The molecule has 1 aromatic rings. The zero-order chi connectivity index (χ0) is 13.9. The second-order valence-corrected chi connectivity index (χ2v) is 4.83. The molecule has 0 radical (unpaired) electrons. The van der Waals surface area contributed by atoms with Crippen LogP contribution in [0, 0.1) is 11.3 Å². The molecule has 1 aliphatic heterocycles. The Morgan fingerprint density at radius 1 is 1.47 bits per heavy atom. The number of nitrogens with zero attached hydrogens (tertiary/aromatic N) is 2. The van der Waals surface area contributed by atoms with Gasteiger partial charge < -0.3 is 15.4 Å². The summed E-state index contributed by atoms with van der Waals surface area (Å²) in [5, 5.41) is 9.10. The summed E-state index contributed by atoms with van der Waals surface area (Å²) in [5.41, 5.74) is 6.72. The summed E-state index contributed by atoms with van der Waals surface area (Å²) in [4.78, 5) is 13.4. The standard InChI is InChI=1S/C14H17N3O2/c1-19-13(18)11-3-5-12(6-4-11)17-8-2-7-14(16,9-15)10-17/h3-6H,2,7-8,10,16H2,1H3. The number of hydrogen-bond acceptors (Lipinski definition) is 5. The van der Waals surface area contributed by atoms with Gasteiger partial charge in [0.15, 0.2) is 0 Å². The van der Waals surface area contributed by atoms with Crippen LogP contribution in [-0.4, -0.2) is 31.7 Å². The molecule has 0 aliphatic carbocycles. The van der Waals surface area contributed by atoms with Crippen molar-refractivity contribution in [3.05, 3.63) is 29.8 Å². The van der Waals surface area contributed by atoms with Crippen molar-refractivity contribution in [2.24, 2.45) is 5.73 Å². The van der Waals surface area contributed by atoms with Gasteiger partial charge in [0.1, 0.15) is 5.54 Å². The van der Waals surface area contributed by atoms with E-state index in [1.165, 1.54) is 7.11 Å². The predicted molar refractivity (Wildman–Crippen MR) is 71.8 cm³/mol. The minimum absolute atomic E-state index is 0.351. The lowest BCUT2D eigenvalue weighted by atomic mass is 9.91. The lowest BCUT2D eigenvalue weighted by Gasteiger charge is -2.37. The normalized spacial score (nSPS) is 22.7. The van der Waals surface area contributed by atoms with Crippen molar-refractivity contribution >= 4 is 11.7 Å². The Labute approximate surface area is 112 Å². The highest BCUT2D eigenvalue weighted by Crippen LogP contribution is 2.24. The topological polar surface area (TPSA) is 79.3 Å². The van der Waals surface area contributed by atoms with Crippen LogP contribution >= 0.6 is 0 Å². The van der Waals surface area contributed by atoms with E-state index in [0.717, 1.165) is 25.1 Å². The van der Waals surface area contributed by atoms with E-state index in [0.29, 0.717) is 12.1 Å². The van der Waals surface area contributed by atoms with E-state index < -0.39 is 5.54 Å². The second-order valence-electron chi connectivity index (χ2n) is 4.83. The molecule has 5 nitrogen and oxygen atoms in total. The zero-order valence-corrected chi connectivity index (χ0v) is 10.9. The van der Waals surface area contributed by atoms with Crippen LogP contribution in [0.5, 0.6) is 0 Å². The van der Waals surface area contributed by atoms with E-state index in [9.17, 15) is 4.79 Å². The summed E-state index contributed by atoms with van der Waals surface area (Å²) in [6.07, 6.45) is 1.61. The first kappa shape index (κ1) is 13.4. The van der Waals surface area contributed by atoms with Gasteiger partial charge in [-0.3, -0.25) is 0 Å². The summed E-state index contributed by atoms with van der Waals surface area (Å²) in [5.74, 6) is -0.351. The van der Waals surface area contributed by atoms with Crippen LogP contribution in [-0.2, 0) is 4.74 Å². The van der Waals surface area contributed by atoms with Crippen molar-refractivity contribution in [2.45, 2.75) is 18.4 Å². The van der Waals surface area contributed by atoms with Gasteiger partial charge in [-0.15, -0.1) is 0 Å². The molecule has 0 amide bonds. The second kappa shape index (κ2) is 5.29. The average molecular weight is 259 g/mol. The molecule has 0 bridgehead atoms. The Kier molecular flexibility index (Phi) is 3.72. The van der Waals surface area contributed by atoms with E-state index in [2.05, 4.69) is 15.7 Å². The minimum atomic E-state index is -0.779. The zero-order valence-electron chi connectivity index (χ0n) is 10.9. The van der Waals surface area contributed by atoms with E-state index in [1.54, 1.807) is 12.1 Å². The number of nitrogens with two attached hydrogens (primary N) is 1. The van der Waals surface area contributed by atoms with Crippen LogP contribution in [0.15, 0.2) is 24.3 Å². The molecule has 1 aliphatic rings. The largest absolute Gasteiger partial charge is 0.465 e. The fourth-order valence-electron chi connectivity index (χ4n) is 2.32. The average Bonchev–Trinajstić information content (AvgIpc) is 2.46. The number of ether oxygens (including phenoxy) is 1. The maximum absolute atomic E-state index is 11.4. The predicted octanol–water partition coefficient (Wildman–Crippen LogP) is 1.29. The Morgan fingerprint density at radius 3 is 2.74 bits per heavy atom. The SMILES string of the molecule is COC(=O)c1ccc(N2CCCC(N)(C#N)C2)cc1. The van der Waals surface area contributed by atoms with Crippen molar-refractivity contribution in [1.82, 2.24) is 0 Å². The molecule has 2 rings (SSSR count). The van der Waals surface area contributed by atoms with Gasteiger partial charge in [0, 0.05) is 18.8 Å². The molecule has 1 saturated heterocycles. The summed E-state index contributed by atoms with van der Waals surface area (Å²) < 4.78 is 4.66. The van der Waals surface area contributed by atoms with Gasteiger partial charge in [-0.25, -0.2) is 4.79 Å². The fourth-order valence-corrected chi connectivity index (χ4v) is 2.32. The van der Waals surface area contributed by atoms with Crippen LogP contribution in [0.1, 0.15) is 23.2 Å². The van der Waals surface area contributed by atoms with Gasteiger partial charge in [0.2, 0.25) is 0 Å². The highest BCUT2D eigenvalue weighted by molar-refractivity contribution is 5.89. The molecule has 1 unspecified atom stereocenters. The van der Waals surface area contributed by atoms with E-state index in [4.69, 9.17) is 11.0 Å². The Bertz CT molecular complexity index is 506. The van der Waals surface area contributed by atoms with Gasteiger partial charge in [0.25, 0.3) is 0 Å². The number of methoxy groups -OCH3 is 1. The molecule has 1 aromatic carbocycles. The van der Waals surface area contributed by atoms with Crippen molar-refractivity contribution < 1.29 is 9.53 Å². The third kappa shape index (κ3) is 2.85. The van der Waals surface area contributed by atoms with E-state index in [-0.39, 0.29) is 5.97 Å². The Balaban J connectivity index is 2.14. The molecule has 100 valence electrons. The van der Waals surface area contributed by atoms with Crippen LogP contribution in [0.2, 0.25) is 0 Å². The molecular weight excluding hydrogens is 242 g/mol.